The monoisotopic (exact) mass is 627 g/mol. The van der Waals surface area contributed by atoms with Gasteiger partial charge in [-0.25, -0.2) is 0 Å². The molecule has 0 spiro atoms. The van der Waals surface area contributed by atoms with Crippen LogP contribution in [0.3, 0.4) is 0 Å². The van der Waals surface area contributed by atoms with Crippen molar-refractivity contribution in [1.29, 1.82) is 0 Å². The van der Waals surface area contributed by atoms with Crippen molar-refractivity contribution in [2.24, 2.45) is 0 Å². The summed E-state index contributed by atoms with van der Waals surface area (Å²) in [5, 5.41) is 19.7. The zero-order chi connectivity index (χ0) is 24.2. The van der Waals surface area contributed by atoms with Crippen LogP contribution in [0.25, 0.3) is 22.0 Å². The molecular weight excluding hydrogens is 587 g/mol. The van der Waals surface area contributed by atoms with Crippen molar-refractivity contribution in [3.63, 3.8) is 0 Å². The van der Waals surface area contributed by atoms with Gasteiger partial charge >= 0.3 is 0 Å². The quantitative estimate of drug-likeness (QED) is 0.311. The van der Waals surface area contributed by atoms with E-state index in [1.165, 1.54) is 27.5 Å². The fraction of sp³-hybridized carbons (Fsp3) is 0.483. The van der Waals surface area contributed by atoms with Crippen molar-refractivity contribution in [1.82, 2.24) is 4.98 Å². The van der Waals surface area contributed by atoms with Crippen LogP contribution < -0.4 is 0 Å². The minimum absolute atomic E-state index is 0. The number of hydrogen-bond acceptors (Lipinski definition) is 3. The summed E-state index contributed by atoms with van der Waals surface area (Å²) in [6.07, 6.45) is 1.66. The van der Waals surface area contributed by atoms with Crippen molar-refractivity contribution in [3.8, 4) is 11.3 Å². The molecule has 4 heteroatoms. The third-order valence-electron chi connectivity index (χ3n) is 5.46. The fourth-order valence-corrected chi connectivity index (χ4v) is 3.99. The first-order valence-corrected chi connectivity index (χ1v) is 11.6. The molecule has 3 aromatic rings. The average molecular weight is 627 g/mol. The van der Waals surface area contributed by atoms with Gasteiger partial charge in [-0.05, 0) is 65.3 Å². The molecule has 0 aliphatic heterocycles. The Hall–Kier alpha value is -1.58. The van der Waals surface area contributed by atoms with Crippen LogP contribution in [0.2, 0.25) is 0 Å². The molecule has 0 amide bonds. The van der Waals surface area contributed by atoms with Gasteiger partial charge in [-0.2, -0.15) is 0 Å². The summed E-state index contributed by atoms with van der Waals surface area (Å²) in [6, 6.07) is 14.7. The van der Waals surface area contributed by atoms with E-state index in [-0.39, 0.29) is 37.7 Å². The number of pyridine rings is 1. The van der Waals surface area contributed by atoms with Crippen molar-refractivity contribution in [2.45, 2.75) is 92.3 Å². The third-order valence-corrected chi connectivity index (χ3v) is 5.46. The summed E-state index contributed by atoms with van der Waals surface area (Å²) in [6.45, 7) is 18.9. The Morgan fingerprint density at radius 2 is 1.52 bits per heavy atom. The smallest absolute Gasteiger partial charge is 0.0536 e. The zero-order valence-electron chi connectivity index (χ0n) is 21.6. The molecule has 1 heterocycles. The molecule has 2 aromatic carbocycles. The summed E-state index contributed by atoms with van der Waals surface area (Å²) in [4.78, 5) is 4.75. The van der Waals surface area contributed by atoms with Gasteiger partial charge in [0.05, 0.1) is 12.2 Å². The molecule has 0 saturated carbocycles. The SMILES string of the molecule is CC(O)CC(C)O.Cc1[c-]c(-c2nccc3c(C(C)(C)C)cc(C(C)C)cc23)cc(C)c1.[Ir]. The topological polar surface area (TPSA) is 53.4 Å². The van der Waals surface area contributed by atoms with Crippen LogP contribution in [0.1, 0.15) is 83.1 Å². The van der Waals surface area contributed by atoms with E-state index in [1.807, 2.05) is 6.20 Å². The van der Waals surface area contributed by atoms with Crippen molar-refractivity contribution < 1.29 is 30.3 Å². The molecule has 2 unspecified atom stereocenters. The first-order valence-electron chi connectivity index (χ1n) is 11.6. The standard InChI is InChI=1S/C24H28N.C5H12O2.Ir/c1-15(2)18-13-21-20(22(14-18)24(5,6)7)8-9-25-23(21)19-11-16(3)10-17(4)12-19;1-4(6)3-5(2)7;/h8-11,13-15H,1-7H3;4-7H,3H2,1-2H3;/q-1;;. The minimum atomic E-state index is -0.375. The molecule has 2 atom stereocenters. The predicted molar refractivity (Wildman–Crippen MR) is 136 cm³/mol. The Balaban J connectivity index is 0.000000595. The molecule has 1 radical (unpaired) electrons. The average Bonchev–Trinajstić information content (AvgIpc) is 2.64. The second-order valence-corrected chi connectivity index (χ2v) is 10.4. The van der Waals surface area contributed by atoms with Crippen LogP contribution >= 0.6 is 0 Å². The van der Waals surface area contributed by atoms with Crippen molar-refractivity contribution in [2.75, 3.05) is 0 Å². The van der Waals surface area contributed by atoms with Crippen LogP contribution in [0.15, 0.2) is 36.5 Å². The third kappa shape index (κ3) is 8.30. The first-order chi connectivity index (χ1) is 14.8. The van der Waals surface area contributed by atoms with E-state index in [2.05, 4.69) is 84.9 Å². The van der Waals surface area contributed by atoms with Crippen LogP contribution in [0.4, 0.5) is 0 Å². The maximum absolute atomic E-state index is 8.56. The summed E-state index contributed by atoms with van der Waals surface area (Å²) < 4.78 is 0. The van der Waals surface area contributed by atoms with Crippen LogP contribution in [0.5, 0.6) is 0 Å². The maximum Gasteiger partial charge on any atom is 0.0536 e. The van der Waals surface area contributed by atoms with Crippen LogP contribution in [-0.2, 0) is 25.5 Å². The number of aryl methyl sites for hydroxylation is 2. The van der Waals surface area contributed by atoms with E-state index >= 15 is 0 Å². The van der Waals surface area contributed by atoms with Gasteiger partial charge in [0.2, 0.25) is 0 Å². The molecule has 0 aliphatic rings. The fourth-order valence-electron chi connectivity index (χ4n) is 3.99. The number of aliphatic hydroxyl groups excluding tert-OH is 2. The van der Waals surface area contributed by atoms with Crippen LogP contribution in [-0.4, -0.2) is 27.4 Å². The van der Waals surface area contributed by atoms with Crippen LogP contribution in [0, 0.1) is 19.9 Å². The van der Waals surface area contributed by atoms with Gasteiger partial charge in [0, 0.05) is 26.3 Å². The Morgan fingerprint density at radius 3 is 1.97 bits per heavy atom. The van der Waals surface area contributed by atoms with Gasteiger partial charge in [0.1, 0.15) is 0 Å². The second kappa shape index (κ2) is 12.2. The van der Waals surface area contributed by atoms with Crippen molar-refractivity contribution >= 4 is 10.8 Å². The molecule has 2 N–H and O–H groups in total. The van der Waals surface area contributed by atoms with Gasteiger partial charge < -0.3 is 15.2 Å². The van der Waals surface area contributed by atoms with Gasteiger partial charge in [-0.15, -0.1) is 34.9 Å². The Labute approximate surface area is 214 Å². The molecule has 183 valence electrons. The van der Waals surface area contributed by atoms with Gasteiger partial charge in [0.15, 0.2) is 0 Å². The maximum atomic E-state index is 8.56. The number of benzene rings is 2. The molecule has 0 saturated heterocycles. The molecule has 0 fully saturated rings. The molecular formula is C29H40IrNO2-. The van der Waals surface area contributed by atoms with E-state index in [4.69, 9.17) is 15.2 Å². The van der Waals surface area contributed by atoms with E-state index in [9.17, 15) is 0 Å². The molecule has 3 nitrogen and oxygen atoms in total. The number of aliphatic hydroxyl groups is 2. The number of fused-ring (bicyclic) bond motifs is 1. The van der Waals surface area contributed by atoms with Gasteiger partial charge in [-0.1, -0.05) is 60.6 Å². The molecule has 33 heavy (non-hydrogen) atoms. The first kappa shape index (κ1) is 29.5. The molecule has 1 aromatic heterocycles. The largest absolute Gasteiger partial charge is 0.393 e. The van der Waals surface area contributed by atoms with E-state index in [0.717, 1.165) is 16.8 Å². The summed E-state index contributed by atoms with van der Waals surface area (Å²) in [7, 11) is 0. The van der Waals surface area contributed by atoms with E-state index in [1.54, 1.807) is 13.8 Å². The Bertz CT molecular complexity index is 1020. The second-order valence-electron chi connectivity index (χ2n) is 10.4. The predicted octanol–water partition coefficient (Wildman–Crippen LogP) is 6.88. The molecule has 0 bridgehead atoms. The summed E-state index contributed by atoms with van der Waals surface area (Å²) >= 11 is 0. The van der Waals surface area contributed by atoms with Gasteiger partial charge in [0.25, 0.3) is 0 Å². The summed E-state index contributed by atoms with van der Waals surface area (Å²) in [5.41, 5.74) is 7.39. The summed E-state index contributed by atoms with van der Waals surface area (Å²) in [5.74, 6) is 0.488. The molecule has 0 aliphatic carbocycles. The number of rotatable bonds is 4. The number of nitrogens with zero attached hydrogens (tertiary/aromatic N) is 1. The van der Waals surface area contributed by atoms with Gasteiger partial charge in [-0.3, -0.25) is 0 Å². The van der Waals surface area contributed by atoms with E-state index in [0.29, 0.717) is 12.3 Å². The number of aromatic nitrogens is 1. The zero-order valence-corrected chi connectivity index (χ0v) is 24.0. The minimum Gasteiger partial charge on any atom is -0.393 e. The van der Waals surface area contributed by atoms with E-state index < -0.39 is 0 Å². The Kier molecular flexibility index (Phi) is 10.9. The van der Waals surface area contributed by atoms with Crippen molar-refractivity contribution in [3.05, 3.63) is 64.8 Å². The molecule has 3 rings (SSSR count). The normalized spacial score (nSPS) is 13.2. The number of hydrogen-bond donors (Lipinski definition) is 2. The Morgan fingerprint density at radius 1 is 0.909 bits per heavy atom.